The van der Waals surface area contributed by atoms with Gasteiger partial charge < -0.3 is 9.72 Å². The summed E-state index contributed by atoms with van der Waals surface area (Å²) in [6.45, 7) is 6.05. The summed E-state index contributed by atoms with van der Waals surface area (Å²) < 4.78 is 6.78. The molecular formula is C19H20N4O3. The lowest BCUT2D eigenvalue weighted by Crippen LogP contribution is -2.19. The number of benzene rings is 1. The van der Waals surface area contributed by atoms with E-state index >= 15 is 0 Å². The topological polar surface area (TPSA) is 89.0 Å². The SMILES string of the molecule is CC(C)(C)c1cc(NC(=O)Oc2ccccc2)n(-c2cc[nH]c(=O)c2)n1. The maximum Gasteiger partial charge on any atom is 0.418 e. The van der Waals surface area contributed by atoms with Crippen molar-refractivity contribution < 1.29 is 9.53 Å². The van der Waals surface area contributed by atoms with Crippen LogP contribution in [0.5, 0.6) is 5.75 Å². The Morgan fingerprint density at radius 3 is 2.54 bits per heavy atom. The zero-order valence-corrected chi connectivity index (χ0v) is 14.8. The molecule has 0 aliphatic rings. The summed E-state index contributed by atoms with van der Waals surface area (Å²) in [7, 11) is 0. The monoisotopic (exact) mass is 352 g/mol. The fourth-order valence-corrected chi connectivity index (χ4v) is 2.32. The molecule has 1 aromatic carbocycles. The molecule has 0 unspecified atom stereocenters. The van der Waals surface area contributed by atoms with Gasteiger partial charge in [0.25, 0.3) is 0 Å². The van der Waals surface area contributed by atoms with Gasteiger partial charge in [-0.25, -0.2) is 9.48 Å². The number of hydrogen-bond donors (Lipinski definition) is 2. The van der Waals surface area contributed by atoms with Gasteiger partial charge in [0, 0.05) is 23.7 Å². The summed E-state index contributed by atoms with van der Waals surface area (Å²) in [5, 5.41) is 7.24. The molecule has 2 N–H and O–H groups in total. The highest BCUT2D eigenvalue weighted by Crippen LogP contribution is 2.26. The maximum absolute atomic E-state index is 12.2. The molecule has 7 heteroatoms. The van der Waals surface area contributed by atoms with E-state index in [0.717, 1.165) is 5.69 Å². The van der Waals surface area contributed by atoms with Crippen LogP contribution in [0.15, 0.2) is 59.5 Å². The van der Waals surface area contributed by atoms with Crippen molar-refractivity contribution in [3.63, 3.8) is 0 Å². The van der Waals surface area contributed by atoms with Gasteiger partial charge in [0.1, 0.15) is 11.6 Å². The van der Waals surface area contributed by atoms with E-state index in [9.17, 15) is 9.59 Å². The molecule has 0 aliphatic heterocycles. The third-order valence-corrected chi connectivity index (χ3v) is 3.66. The Kier molecular flexibility index (Phi) is 4.62. The molecule has 0 saturated heterocycles. The van der Waals surface area contributed by atoms with E-state index in [1.165, 1.54) is 16.9 Å². The minimum absolute atomic E-state index is 0.230. The highest BCUT2D eigenvalue weighted by molar-refractivity contribution is 5.85. The number of nitrogens with zero attached hydrogens (tertiary/aromatic N) is 2. The molecule has 7 nitrogen and oxygen atoms in total. The molecule has 0 bridgehead atoms. The normalized spacial score (nSPS) is 11.2. The second kappa shape index (κ2) is 6.87. The number of carbonyl (C=O) groups excluding carboxylic acids is 1. The van der Waals surface area contributed by atoms with Crippen molar-refractivity contribution in [2.75, 3.05) is 5.32 Å². The molecule has 134 valence electrons. The lowest BCUT2D eigenvalue weighted by atomic mass is 9.92. The summed E-state index contributed by atoms with van der Waals surface area (Å²) in [5.41, 5.74) is 0.826. The number of anilines is 1. The number of rotatable bonds is 3. The van der Waals surface area contributed by atoms with Crippen molar-refractivity contribution in [3.8, 4) is 11.4 Å². The van der Waals surface area contributed by atoms with Crippen molar-refractivity contribution >= 4 is 11.9 Å². The van der Waals surface area contributed by atoms with Gasteiger partial charge in [-0.15, -0.1) is 0 Å². The number of amides is 1. The maximum atomic E-state index is 12.2. The van der Waals surface area contributed by atoms with Gasteiger partial charge in [-0.05, 0) is 18.2 Å². The first-order valence-corrected chi connectivity index (χ1v) is 8.16. The van der Waals surface area contributed by atoms with Crippen molar-refractivity contribution in [2.45, 2.75) is 26.2 Å². The van der Waals surface area contributed by atoms with Crippen LogP contribution in [-0.2, 0) is 5.41 Å². The van der Waals surface area contributed by atoms with Crippen molar-refractivity contribution in [3.05, 3.63) is 70.8 Å². The zero-order chi connectivity index (χ0) is 18.7. The summed E-state index contributed by atoms with van der Waals surface area (Å²) >= 11 is 0. The number of nitrogens with one attached hydrogen (secondary N) is 2. The highest BCUT2D eigenvalue weighted by atomic mass is 16.6. The van der Waals surface area contributed by atoms with Gasteiger partial charge in [0.15, 0.2) is 0 Å². The van der Waals surface area contributed by atoms with Gasteiger partial charge >= 0.3 is 6.09 Å². The lowest BCUT2D eigenvalue weighted by Gasteiger charge is -2.14. The van der Waals surface area contributed by atoms with Crippen LogP contribution in [0, 0.1) is 0 Å². The van der Waals surface area contributed by atoms with Gasteiger partial charge in [0.2, 0.25) is 5.56 Å². The van der Waals surface area contributed by atoms with Crippen LogP contribution in [0.25, 0.3) is 5.69 Å². The third kappa shape index (κ3) is 4.00. The first kappa shape index (κ1) is 17.5. The summed E-state index contributed by atoms with van der Waals surface area (Å²) in [5.74, 6) is 0.852. The van der Waals surface area contributed by atoms with Crippen LogP contribution < -0.4 is 15.6 Å². The van der Waals surface area contributed by atoms with E-state index in [4.69, 9.17) is 4.74 Å². The lowest BCUT2D eigenvalue weighted by molar-refractivity contribution is 0.215. The van der Waals surface area contributed by atoms with Gasteiger partial charge in [-0.2, -0.15) is 5.10 Å². The third-order valence-electron chi connectivity index (χ3n) is 3.66. The number of para-hydroxylation sites is 1. The van der Waals surface area contributed by atoms with Crippen LogP contribution in [0.2, 0.25) is 0 Å². The standard InChI is InChI=1S/C19H20N4O3/c1-19(2,3)15-12-16(21-18(25)26-14-7-5-4-6-8-14)23(22-15)13-9-10-20-17(24)11-13/h4-12H,1-3H3,(H,20,24)(H,21,25). The molecule has 0 radical (unpaired) electrons. The van der Waals surface area contributed by atoms with Crippen molar-refractivity contribution in [1.82, 2.24) is 14.8 Å². The first-order chi connectivity index (χ1) is 12.3. The van der Waals surface area contributed by atoms with Gasteiger partial charge in [-0.1, -0.05) is 39.0 Å². The van der Waals surface area contributed by atoms with Crippen molar-refractivity contribution in [1.29, 1.82) is 0 Å². The summed E-state index contributed by atoms with van der Waals surface area (Å²) in [6, 6.07) is 13.7. The molecule has 26 heavy (non-hydrogen) atoms. The average Bonchev–Trinajstić information content (AvgIpc) is 2.99. The Bertz CT molecular complexity index is 968. The number of pyridine rings is 1. The first-order valence-electron chi connectivity index (χ1n) is 8.16. The molecular weight excluding hydrogens is 332 g/mol. The van der Waals surface area contributed by atoms with E-state index in [0.29, 0.717) is 17.3 Å². The van der Waals surface area contributed by atoms with E-state index < -0.39 is 6.09 Å². The highest BCUT2D eigenvalue weighted by Gasteiger charge is 2.22. The molecule has 1 amide bonds. The van der Waals surface area contributed by atoms with Crippen LogP contribution >= 0.6 is 0 Å². The van der Waals surface area contributed by atoms with Crippen LogP contribution in [0.4, 0.5) is 10.6 Å². The Morgan fingerprint density at radius 1 is 1.15 bits per heavy atom. The van der Waals surface area contributed by atoms with E-state index in [-0.39, 0.29) is 11.0 Å². The fraction of sp³-hybridized carbons (Fsp3) is 0.211. The number of H-pyrrole nitrogens is 1. The molecule has 0 aliphatic carbocycles. The summed E-state index contributed by atoms with van der Waals surface area (Å²) in [6.07, 6.45) is 0.894. The minimum Gasteiger partial charge on any atom is -0.410 e. The number of aromatic amines is 1. The predicted molar refractivity (Wildman–Crippen MR) is 99.0 cm³/mol. The van der Waals surface area contributed by atoms with Gasteiger partial charge in [-0.3, -0.25) is 10.1 Å². The molecule has 3 aromatic rings. The molecule has 0 spiro atoms. The Hall–Kier alpha value is -3.35. The smallest absolute Gasteiger partial charge is 0.410 e. The Balaban J connectivity index is 1.93. The minimum atomic E-state index is -0.636. The number of aromatic nitrogens is 3. The fourth-order valence-electron chi connectivity index (χ4n) is 2.32. The Morgan fingerprint density at radius 2 is 1.88 bits per heavy atom. The van der Waals surface area contributed by atoms with E-state index in [2.05, 4.69) is 15.4 Å². The average molecular weight is 352 g/mol. The predicted octanol–water partition coefficient (Wildman–Crippen LogP) is 3.47. The molecule has 2 heterocycles. The van der Waals surface area contributed by atoms with Crippen LogP contribution in [0.3, 0.4) is 0 Å². The zero-order valence-electron chi connectivity index (χ0n) is 14.8. The number of ether oxygens (including phenoxy) is 1. The molecule has 0 atom stereocenters. The second-order valence-electron chi connectivity index (χ2n) is 6.82. The quantitative estimate of drug-likeness (QED) is 0.755. The molecule has 0 saturated carbocycles. The van der Waals surface area contributed by atoms with Crippen molar-refractivity contribution in [2.24, 2.45) is 0 Å². The van der Waals surface area contributed by atoms with Crippen LogP contribution in [0.1, 0.15) is 26.5 Å². The van der Waals surface area contributed by atoms with E-state index in [1.807, 2.05) is 26.8 Å². The molecule has 3 rings (SSSR count). The molecule has 0 fully saturated rings. The Labute approximate surface area is 150 Å². The largest absolute Gasteiger partial charge is 0.418 e. The number of carbonyl (C=O) groups is 1. The summed E-state index contributed by atoms with van der Waals surface area (Å²) in [4.78, 5) is 26.4. The van der Waals surface area contributed by atoms with Gasteiger partial charge in [0.05, 0.1) is 11.4 Å². The second-order valence-corrected chi connectivity index (χ2v) is 6.82. The number of hydrogen-bond acceptors (Lipinski definition) is 4. The van der Waals surface area contributed by atoms with Crippen LogP contribution in [-0.4, -0.2) is 20.9 Å². The van der Waals surface area contributed by atoms with E-state index in [1.54, 1.807) is 36.4 Å². The molecule has 2 aromatic heterocycles.